The third kappa shape index (κ3) is 9.77. The summed E-state index contributed by atoms with van der Waals surface area (Å²) in [7, 11) is -0.564. The summed E-state index contributed by atoms with van der Waals surface area (Å²) in [6, 6.07) is 26.2. The van der Waals surface area contributed by atoms with Crippen molar-refractivity contribution in [3.05, 3.63) is 96.6 Å². The van der Waals surface area contributed by atoms with Crippen LogP contribution in [0, 0.1) is 0 Å². The SMILES string of the molecule is CCCCCCCCCCCCS/C(=C\P(c1ccccc1)c1ccccc1)c1cccnc1. The number of pyridine rings is 1. The van der Waals surface area contributed by atoms with Gasteiger partial charge in [0.25, 0.3) is 0 Å². The van der Waals surface area contributed by atoms with E-state index in [0.717, 1.165) is 0 Å². The van der Waals surface area contributed by atoms with Gasteiger partial charge in [-0.05, 0) is 42.6 Å². The van der Waals surface area contributed by atoms with Crippen molar-refractivity contribution < 1.29 is 0 Å². The van der Waals surface area contributed by atoms with Gasteiger partial charge in [0.05, 0.1) is 0 Å². The lowest BCUT2D eigenvalue weighted by atomic mass is 10.1. The Morgan fingerprint density at radius 2 is 1.26 bits per heavy atom. The zero-order valence-corrected chi connectivity index (χ0v) is 22.5. The molecule has 0 aliphatic rings. The second kappa shape index (κ2) is 16.7. The first-order valence-corrected chi connectivity index (χ1v) is 15.4. The molecule has 0 aliphatic carbocycles. The van der Waals surface area contributed by atoms with E-state index in [1.165, 1.54) is 91.0 Å². The number of rotatable bonds is 16. The number of hydrogen-bond acceptors (Lipinski definition) is 2. The normalized spacial score (nSPS) is 11.8. The van der Waals surface area contributed by atoms with Crippen molar-refractivity contribution in [2.45, 2.75) is 71.1 Å². The molecule has 0 bridgehead atoms. The van der Waals surface area contributed by atoms with Gasteiger partial charge in [-0.1, -0.05) is 131 Å². The summed E-state index contributed by atoms with van der Waals surface area (Å²) in [5, 5.41) is 2.79. The molecular weight excluding hydrogens is 449 g/mol. The molecule has 0 saturated carbocycles. The molecule has 3 rings (SSSR count). The molecule has 0 unspecified atom stereocenters. The summed E-state index contributed by atoms with van der Waals surface area (Å²) < 4.78 is 0. The summed E-state index contributed by atoms with van der Waals surface area (Å²) in [6.45, 7) is 2.29. The van der Waals surface area contributed by atoms with Gasteiger partial charge in [0.1, 0.15) is 0 Å². The van der Waals surface area contributed by atoms with Crippen molar-refractivity contribution >= 4 is 35.2 Å². The van der Waals surface area contributed by atoms with Crippen molar-refractivity contribution in [2.75, 3.05) is 5.75 Å². The summed E-state index contributed by atoms with van der Waals surface area (Å²) in [6.07, 6.45) is 17.7. The lowest BCUT2D eigenvalue weighted by Gasteiger charge is -2.17. The first-order chi connectivity index (χ1) is 16.9. The monoisotopic (exact) mass is 489 g/mol. The molecule has 0 amide bonds. The Labute approximate surface area is 213 Å². The molecule has 0 spiro atoms. The maximum Gasteiger partial charge on any atom is 0.0351 e. The van der Waals surface area contributed by atoms with E-state index in [4.69, 9.17) is 0 Å². The van der Waals surface area contributed by atoms with E-state index in [-0.39, 0.29) is 0 Å². The van der Waals surface area contributed by atoms with Crippen LogP contribution in [0.25, 0.3) is 4.91 Å². The molecule has 1 nitrogen and oxygen atoms in total. The van der Waals surface area contributed by atoms with Gasteiger partial charge >= 0.3 is 0 Å². The van der Waals surface area contributed by atoms with Crippen molar-refractivity contribution in [2.24, 2.45) is 0 Å². The Bertz CT molecular complexity index is 888. The van der Waals surface area contributed by atoms with Crippen LogP contribution in [0.15, 0.2) is 91.0 Å². The van der Waals surface area contributed by atoms with Gasteiger partial charge in [-0.25, -0.2) is 0 Å². The Hall–Kier alpha value is -1.89. The lowest BCUT2D eigenvalue weighted by Crippen LogP contribution is -2.09. The summed E-state index contributed by atoms with van der Waals surface area (Å²) in [5.74, 6) is 3.68. The van der Waals surface area contributed by atoms with Crippen LogP contribution < -0.4 is 10.6 Å². The molecular formula is C31H40NPS. The molecule has 180 valence electrons. The number of thioether (sulfide) groups is 1. The molecule has 3 aromatic rings. The molecule has 34 heavy (non-hydrogen) atoms. The molecule has 2 aromatic carbocycles. The second-order valence-corrected chi connectivity index (χ2v) is 12.0. The van der Waals surface area contributed by atoms with Crippen LogP contribution in [0.4, 0.5) is 0 Å². The van der Waals surface area contributed by atoms with Crippen molar-refractivity contribution in [1.29, 1.82) is 0 Å². The molecule has 0 fully saturated rings. The van der Waals surface area contributed by atoms with E-state index in [1.807, 2.05) is 24.2 Å². The Morgan fingerprint density at radius 3 is 1.79 bits per heavy atom. The van der Waals surface area contributed by atoms with Crippen molar-refractivity contribution in [1.82, 2.24) is 4.98 Å². The van der Waals surface area contributed by atoms with Gasteiger partial charge in [0.15, 0.2) is 0 Å². The van der Waals surface area contributed by atoms with Gasteiger partial charge in [-0.3, -0.25) is 4.98 Å². The maximum absolute atomic E-state index is 4.42. The summed E-state index contributed by atoms with van der Waals surface area (Å²) in [5.41, 5.74) is 1.24. The summed E-state index contributed by atoms with van der Waals surface area (Å²) in [4.78, 5) is 5.78. The van der Waals surface area contributed by atoms with Gasteiger partial charge in [-0.2, -0.15) is 0 Å². The fourth-order valence-corrected chi connectivity index (χ4v) is 7.50. The molecule has 0 aliphatic heterocycles. The van der Waals surface area contributed by atoms with Crippen LogP contribution in [0.5, 0.6) is 0 Å². The fourth-order valence-electron chi connectivity index (χ4n) is 4.07. The number of nitrogens with zero attached hydrogens (tertiary/aromatic N) is 1. The molecule has 1 heterocycles. The Morgan fingerprint density at radius 1 is 0.706 bits per heavy atom. The van der Waals surface area contributed by atoms with Crippen LogP contribution in [0.1, 0.15) is 76.7 Å². The van der Waals surface area contributed by atoms with E-state index in [9.17, 15) is 0 Å². The zero-order chi connectivity index (χ0) is 23.7. The van der Waals surface area contributed by atoms with Crippen molar-refractivity contribution in [3.8, 4) is 0 Å². The molecule has 3 heteroatoms. The third-order valence-corrected chi connectivity index (χ3v) is 9.57. The Balaban J connectivity index is 1.60. The average molecular weight is 490 g/mol. The molecule has 0 saturated heterocycles. The highest BCUT2D eigenvalue weighted by Crippen LogP contribution is 2.42. The van der Waals surface area contributed by atoms with E-state index in [1.54, 1.807) is 0 Å². The van der Waals surface area contributed by atoms with E-state index < -0.39 is 7.92 Å². The highest BCUT2D eigenvalue weighted by atomic mass is 32.2. The first-order valence-electron chi connectivity index (χ1n) is 13.0. The average Bonchev–Trinajstić information content (AvgIpc) is 2.90. The standard InChI is InChI=1S/C31H40NPS/c1-2-3-4-5-6-7-8-9-10-17-25-34-31(28-19-18-24-32-26-28)27-33(29-20-13-11-14-21-29)30-22-15-12-16-23-30/h11-16,18-24,26-27H,2-10,17,25H2,1H3/b31-27-. The van der Waals surface area contributed by atoms with Crippen LogP contribution in [0.2, 0.25) is 0 Å². The van der Waals surface area contributed by atoms with Crippen molar-refractivity contribution in [3.63, 3.8) is 0 Å². The van der Waals surface area contributed by atoms with Crippen LogP contribution >= 0.6 is 19.7 Å². The largest absolute Gasteiger partial charge is 0.264 e. The molecule has 1 aromatic heterocycles. The minimum absolute atomic E-state index is 0.564. The number of aromatic nitrogens is 1. The van der Waals surface area contributed by atoms with Crippen LogP contribution in [-0.4, -0.2) is 10.7 Å². The number of benzene rings is 2. The van der Waals surface area contributed by atoms with Crippen LogP contribution in [-0.2, 0) is 0 Å². The first kappa shape index (κ1) is 26.7. The number of hydrogen-bond donors (Lipinski definition) is 0. The van der Waals surface area contributed by atoms with Gasteiger partial charge in [0, 0.05) is 22.9 Å². The van der Waals surface area contributed by atoms with E-state index >= 15 is 0 Å². The molecule has 0 atom stereocenters. The smallest absolute Gasteiger partial charge is 0.0351 e. The predicted octanol–water partition coefficient (Wildman–Crippen LogP) is 9.17. The lowest BCUT2D eigenvalue weighted by molar-refractivity contribution is 0.563. The molecule has 0 N–H and O–H groups in total. The fraction of sp³-hybridized carbons (Fsp3) is 0.387. The van der Waals surface area contributed by atoms with Gasteiger partial charge in [0.2, 0.25) is 0 Å². The van der Waals surface area contributed by atoms with Gasteiger partial charge < -0.3 is 0 Å². The second-order valence-electron chi connectivity index (χ2n) is 8.81. The highest BCUT2D eigenvalue weighted by molar-refractivity contribution is 8.08. The number of unbranched alkanes of at least 4 members (excludes halogenated alkanes) is 9. The minimum Gasteiger partial charge on any atom is -0.264 e. The maximum atomic E-state index is 4.42. The van der Waals surface area contributed by atoms with E-state index in [0.29, 0.717) is 0 Å². The Kier molecular flexibility index (Phi) is 13.1. The highest BCUT2D eigenvalue weighted by Gasteiger charge is 2.14. The quantitative estimate of drug-likeness (QED) is 0.147. The van der Waals surface area contributed by atoms with Gasteiger partial charge in [-0.15, -0.1) is 11.8 Å². The zero-order valence-electron chi connectivity index (χ0n) is 20.7. The minimum atomic E-state index is -0.564. The summed E-state index contributed by atoms with van der Waals surface area (Å²) >= 11 is 2.01. The third-order valence-electron chi connectivity index (χ3n) is 6.02. The topological polar surface area (TPSA) is 12.9 Å². The van der Waals surface area contributed by atoms with E-state index in [2.05, 4.69) is 90.5 Å². The van der Waals surface area contributed by atoms with Crippen LogP contribution in [0.3, 0.4) is 0 Å². The molecule has 0 radical (unpaired) electrons. The predicted molar refractivity (Wildman–Crippen MR) is 156 cm³/mol.